The summed E-state index contributed by atoms with van der Waals surface area (Å²) in [6.07, 6.45) is 3.16. The van der Waals surface area contributed by atoms with Gasteiger partial charge in [0.2, 0.25) is 0 Å². The van der Waals surface area contributed by atoms with Crippen molar-refractivity contribution in [3.8, 4) is 0 Å². The first kappa shape index (κ1) is 21.2. The van der Waals surface area contributed by atoms with Crippen LogP contribution in [0.5, 0.6) is 0 Å². The number of hydrogen-bond acceptors (Lipinski definition) is 6. The number of thiazole rings is 1. The zero-order valence-corrected chi connectivity index (χ0v) is 19.3. The summed E-state index contributed by atoms with van der Waals surface area (Å²) in [4.78, 5) is 35.0. The second-order valence-corrected chi connectivity index (χ2v) is 10.3. The third-order valence-corrected chi connectivity index (χ3v) is 7.30. The molecule has 32 heavy (non-hydrogen) atoms. The molecule has 2 aromatic heterocycles. The summed E-state index contributed by atoms with van der Waals surface area (Å²) in [5.41, 5.74) is 2.20. The average Bonchev–Trinajstić information content (AvgIpc) is 3.31. The van der Waals surface area contributed by atoms with Gasteiger partial charge in [0.05, 0.1) is 36.0 Å². The number of benzene rings is 1. The third kappa shape index (κ3) is 3.74. The highest BCUT2D eigenvalue weighted by molar-refractivity contribution is 7.17. The Morgan fingerprint density at radius 3 is 3.03 bits per heavy atom. The van der Waals surface area contributed by atoms with Crippen LogP contribution in [0.25, 0.3) is 10.9 Å². The molecule has 1 saturated heterocycles. The van der Waals surface area contributed by atoms with Crippen LogP contribution >= 0.6 is 22.9 Å². The summed E-state index contributed by atoms with van der Waals surface area (Å²) >= 11 is 7.62. The van der Waals surface area contributed by atoms with Crippen LogP contribution < -0.4 is 10.2 Å². The Balaban J connectivity index is 1.47. The van der Waals surface area contributed by atoms with E-state index < -0.39 is 5.97 Å². The Labute approximate surface area is 193 Å². The number of aromatic amines is 1. The molecule has 0 saturated carbocycles. The minimum Gasteiger partial charge on any atom is -0.478 e. The zero-order chi connectivity index (χ0) is 22.6. The second kappa shape index (κ2) is 7.75. The third-order valence-electron chi connectivity index (χ3n) is 5.95. The molecule has 0 spiro atoms. The Morgan fingerprint density at radius 2 is 2.25 bits per heavy atom. The maximum atomic E-state index is 12.6. The molecule has 2 aliphatic rings. The van der Waals surface area contributed by atoms with E-state index in [9.17, 15) is 14.7 Å². The van der Waals surface area contributed by atoms with Crippen LogP contribution in [-0.4, -0.2) is 58.3 Å². The number of H-pyrrole nitrogens is 1. The fourth-order valence-electron chi connectivity index (χ4n) is 4.51. The highest BCUT2D eigenvalue weighted by Crippen LogP contribution is 2.35. The lowest BCUT2D eigenvalue weighted by Gasteiger charge is -2.35. The number of amides is 1. The van der Waals surface area contributed by atoms with Gasteiger partial charge in [0.25, 0.3) is 5.91 Å². The van der Waals surface area contributed by atoms with E-state index in [2.05, 4.69) is 15.2 Å². The average molecular weight is 475 g/mol. The van der Waals surface area contributed by atoms with Crippen molar-refractivity contribution < 1.29 is 19.4 Å². The van der Waals surface area contributed by atoms with Crippen molar-refractivity contribution in [3.05, 3.63) is 45.1 Å². The molecular formula is C22H23ClN4O4S. The van der Waals surface area contributed by atoms with Gasteiger partial charge in [0.15, 0.2) is 5.13 Å². The lowest BCUT2D eigenvalue weighted by molar-refractivity contribution is 0.0698. The van der Waals surface area contributed by atoms with Gasteiger partial charge in [-0.05, 0) is 38.0 Å². The number of hydrogen-bond donors (Lipinski definition) is 3. The fourth-order valence-corrected chi connectivity index (χ4v) is 5.80. The highest BCUT2D eigenvalue weighted by atomic mass is 35.5. The summed E-state index contributed by atoms with van der Waals surface area (Å²) in [5.74, 6) is -1.10. The monoisotopic (exact) mass is 474 g/mol. The Kier molecular flexibility index (Phi) is 5.15. The molecule has 0 bridgehead atoms. The number of nitrogens with zero attached hydrogens (tertiary/aromatic N) is 2. The molecular weight excluding hydrogens is 452 g/mol. The predicted molar refractivity (Wildman–Crippen MR) is 123 cm³/mol. The molecule has 1 fully saturated rings. The lowest BCUT2D eigenvalue weighted by atomic mass is 9.94. The first-order valence-corrected chi connectivity index (χ1v) is 11.6. The van der Waals surface area contributed by atoms with Crippen LogP contribution in [-0.2, 0) is 17.6 Å². The van der Waals surface area contributed by atoms with E-state index in [-0.39, 0.29) is 23.1 Å². The standard InChI is InChI=1S/C22H23ClN4O4S/c1-22(2)8-16-18(19(28)26-22)32-21(25-16)27-3-4-31-10-13(27)5-11-9-24-17-14(11)6-12(23)7-15(17)20(29)30/h6-7,9,13,24H,3-5,8,10H2,1-2H3,(H,26,28)(H,29,30)/t13-/m0/s1. The maximum absolute atomic E-state index is 12.6. The SMILES string of the molecule is CC1(C)Cc2nc(N3CCOC[C@@H]3Cc3c[nH]c4c(C(=O)O)cc(Cl)cc34)sc2C(=O)N1. The van der Waals surface area contributed by atoms with Crippen molar-refractivity contribution >= 4 is 50.8 Å². The van der Waals surface area contributed by atoms with E-state index in [1.807, 2.05) is 20.0 Å². The molecule has 4 heterocycles. The second-order valence-electron chi connectivity index (χ2n) is 8.91. The van der Waals surface area contributed by atoms with Crippen LogP contribution in [0, 0.1) is 0 Å². The van der Waals surface area contributed by atoms with Crippen LogP contribution in [0.1, 0.15) is 45.1 Å². The van der Waals surface area contributed by atoms with Gasteiger partial charge in [-0.3, -0.25) is 4.79 Å². The zero-order valence-electron chi connectivity index (χ0n) is 17.7. The van der Waals surface area contributed by atoms with Gasteiger partial charge in [0.1, 0.15) is 4.88 Å². The summed E-state index contributed by atoms with van der Waals surface area (Å²) in [6.45, 7) is 5.77. The van der Waals surface area contributed by atoms with E-state index in [1.165, 1.54) is 17.4 Å². The van der Waals surface area contributed by atoms with E-state index in [0.29, 0.717) is 48.0 Å². The Hall–Kier alpha value is -2.62. The number of carboxylic acids is 1. The summed E-state index contributed by atoms with van der Waals surface area (Å²) in [5, 5.41) is 14.6. The predicted octanol–water partition coefficient (Wildman–Crippen LogP) is 3.49. The number of carbonyl (C=O) groups is 2. The minimum atomic E-state index is -1.02. The molecule has 0 unspecified atom stereocenters. The number of fused-ring (bicyclic) bond motifs is 2. The van der Waals surface area contributed by atoms with Crippen molar-refractivity contribution in [3.63, 3.8) is 0 Å². The van der Waals surface area contributed by atoms with Gasteiger partial charge in [-0.25, -0.2) is 9.78 Å². The number of halogens is 1. The number of morpholine rings is 1. The maximum Gasteiger partial charge on any atom is 0.337 e. The molecule has 168 valence electrons. The van der Waals surface area contributed by atoms with Crippen molar-refractivity contribution in [1.82, 2.24) is 15.3 Å². The number of carboxylic acid groups (broad SMARTS) is 1. The van der Waals surface area contributed by atoms with Crippen LogP contribution in [0.4, 0.5) is 5.13 Å². The number of nitrogens with one attached hydrogen (secondary N) is 2. The molecule has 3 N–H and O–H groups in total. The summed E-state index contributed by atoms with van der Waals surface area (Å²) in [6, 6.07) is 3.24. The Morgan fingerprint density at radius 1 is 1.44 bits per heavy atom. The lowest BCUT2D eigenvalue weighted by Crippen LogP contribution is -2.48. The molecule has 5 rings (SSSR count). The van der Waals surface area contributed by atoms with E-state index >= 15 is 0 Å². The van der Waals surface area contributed by atoms with Crippen LogP contribution in [0.3, 0.4) is 0 Å². The normalized spacial score (nSPS) is 20.3. The minimum absolute atomic E-state index is 0.00122. The smallest absolute Gasteiger partial charge is 0.337 e. The van der Waals surface area contributed by atoms with Gasteiger partial charge >= 0.3 is 5.97 Å². The molecule has 3 aromatic rings. The number of anilines is 1. The van der Waals surface area contributed by atoms with Crippen LogP contribution in [0.2, 0.25) is 5.02 Å². The number of carbonyl (C=O) groups excluding carboxylic acids is 1. The topological polar surface area (TPSA) is 108 Å². The van der Waals surface area contributed by atoms with Crippen molar-refractivity contribution in [2.45, 2.75) is 38.3 Å². The molecule has 0 radical (unpaired) electrons. The first-order chi connectivity index (χ1) is 15.2. The van der Waals surface area contributed by atoms with Gasteiger partial charge in [-0.1, -0.05) is 22.9 Å². The number of aromatic nitrogens is 2. The molecule has 1 amide bonds. The van der Waals surface area contributed by atoms with Crippen LogP contribution in [0.15, 0.2) is 18.3 Å². The highest BCUT2D eigenvalue weighted by Gasteiger charge is 2.35. The van der Waals surface area contributed by atoms with Crippen molar-refractivity contribution in [1.29, 1.82) is 0 Å². The van der Waals surface area contributed by atoms with Crippen molar-refractivity contribution in [2.75, 3.05) is 24.7 Å². The van der Waals surface area contributed by atoms with Crippen molar-refractivity contribution in [2.24, 2.45) is 0 Å². The van der Waals surface area contributed by atoms with Gasteiger partial charge in [-0.2, -0.15) is 0 Å². The fraction of sp³-hybridized carbons (Fsp3) is 0.409. The molecule has 8 nitrogen and oxygen atoms in total. The van der Waals surface area contributed by atoms with E-state index in [4.69, 9.17) is 21.3 Å². The van der Waals surface area contributed by atoms with Gasteiger partial charge < -0.3 is 25.0 Å². The molecule has 0 aliphatic carbocycles. The van der Waals surface area contributed by atoms with Gasteiger partial charge in [0, 0.05) is 35.1 Å². The first-order valence-electron chi connectivity index (χ1n) is 10.4. The Bertz CT molecular complexity index is 1230. The molecule has 2 aliphatic heterocycles. The number of rotatable bonds is 4. The largest absolute Gasteiger partial charge is 0.478 e. The number of aromatic carboxylic acids is 1. The summed E-state index contributed by atoms with van der Waals surface area (Å²) < 4.78 is 5.76. The van der Waals surface area contributed by atoms with E-state index in [1.54, 1.807) is 6.07 Å². The van der Waals surface area contributed by atoms with E-state index in [0.717, 1.165) is 21.8 Å². The van der Waals surface area contributed by atoms with Gasteiger partial charge in [-0.15, -0.1) is 0 Å². The number of ether oxygens (including phenoxy) is 1. The molecule has 1 aromatic carbocycles. The quantitative estimate of drug-likeness (QED) is 0.534. The summed E-state index contributed by atoms with van der Waals surface area (Å²) in [7, 11) is 0. The molecule has 10 heteroatoms. The molecule has 1 atom stereocenters.